The molecule has 0 saturated carbocycles. The van der Waals surface area contributed by atoms with Crippen molar-refractivity contribution in [2.75, 3.05) is 13.1 Å². The summed E-state index contributed by atoms with van der Waals surface area (Å²) in [7, 11) is 0. The highest BCUT2D eigenvalue weighted by molar-refractivity contribution is 6.34. The molecule has 2 heterocycles. The molecular formula is C25H20ClN3O3. The molecule has 0 spiro atoms. The number of likely N-dealkylation sites (tertiary alicyclic amines) is 1. The van der Waals surface area contributed by atoms with Gasteiger partial charge in [0.25, 0.3) is 5.56 Å². The number of fused-ring (bicyclic) bond motifs is 2. The van der Waals surface area contributed by atoms with Crippen LogP contribution in [0.2, 0.25) is 5.02 Å². The molecule has 4 aromatic rings. The normalized spacial score (nSPS) is 14.0. The minimum atomic E-state index is -0.211. The van der Waals surface area contributed by atoms with Gasteiger partial charge in [0.15, 0.2) is 0 Å². The first-order valence-electron chi connectivity index (χ1n) is 10.3. The molecule has 160 valence electrons. The van der Waals surface area contributed by atoms with Gasteiger partial charge in [-0.05, 0) is 46.7 Å². The number of rotatable bonds is 4. The molecule has 1 aliphatic rings. The molecule has 0 unspecified atom stereocenters. The Balaban J connectivity index is 1.58. The first-order chi connectivity index (χ1) is 15.4. The molecule has 5 rings (SSSR count). The van der Waals surface area contributed by atoms with Gasteiger partial charge in [-0.3, -0.25) is 9.59 Å². The van der Waals surface area contributed by atoms with Crippen LogP contribution in [-0.4, -0.2) is 38.6 Å². The Bertz CT molecular complexity index is 1450. The predicted octanol–water partition coefficient (Wildman–Crippen LogP) is 4.22. The Kier molecular flexibility index (Phi) is 4.94. The second kappa shape index (κ2) is 7.80. The van der Waals surface area contributed by atoms with Crippen LogP contribution in [0.3, 0.4) is 0 Å². The Morgan fingerprint density at radius 2 is 1.97 bits per heavy atom. The number of hydrogen-bond acceptors (Lipinski definition) is 4. The van der Waals surface area contributed by atoms with Gasteiger partial charge in [-0.15, -0.1) is 0 Å². The Morgan fingerprint density at radius 3 is 2.75 bits per heavy atom. The summed E-state index contributed by atoms with van der Waals surface area (Å²) >= 11 is 6.69. The number of phenolic OH excluding ortho intramolecular Hbond substituents is 1. The molecule has 1 aliphatic heterocycles. The van der Waals surface area contributed by atoms with Gasteiger partial charge in [0.1, 0.15) is 5.75 Å². The summed E-state index contributed by atoms with van der Waals surface area (Å²) < 4.78 is 1.67. The number of amides is 1. The number of halogens is 1. The molecule has 0 aliphatic carbocycles. The van der Waals surface area contributed by atoms with Crippen LogP contribution in [0.15, 0.2) is 72.2 Å². The second-order valence-corrected chi connectivity index (χ2v) is 8.46. The first kappa shape index (κ1) is 20.3. The van der Waals surface area contributed by atoms with Crippen molar-refractivity contribution in [2.24, 2.45) is 5.92 Å². The SMILES string of the molecule is C=CC(=O)N1CC(Cn2c(=O)cnc3cc(-c4cc(O)cc5ccccc45)c(Cl)cc32)C1. The van der Waals surface area contributed by atoms with E-state index in [2.05, 4.69) is 11.6 Å². The Hall–Kier alpha value is -3.64. The zero-order valence-corrected chi connectivity index (χ0v) is 17.9. The number of benzene rings is 3. The van der Waals surface area contributed by atoms with Gasteiger partial charge in [-0.2, -0.15) is 0 Å². The third kappa shape index (κ3) is 3.42. The van der Waals surface area contributed by atoms with E-state index in [0.717, 1.165) is 21.9 Å². The van der Waals surface area contributed by atoms with Gasteiger partial charge >= 0.3 is 0 Å². The van der Waals surface area contributed by atoms with Gasteiger partial charge in [-0.25, -0.2) is 4.98 Å². The highest BCUT2D eigenvalue weighted by Gasteiger charge is 2.30. The second-order valence-electron chi connectivity index (χ2n) is 8.06. The van der Waals surface area contributed by atoms with E-state index in [1.807, 2.05) is 30.3 Å². The van der Waals surface area contributed by atoms with Crippen molar-refractivity contribution in [3.05, 3.63) is 82.8 Å². The van der Waals surface area contributed by atoms with Crippen molar-refractivity contribution < 1.29 is 9.90 Å². The Labute approximate surface area is 189 Å². The van der Waals surface area contributed by atoms with Crippen LogP contribution in [-0.2, 0) is 11.3 Å². The number of nitrogens with zero attached hydrogens (tertiary/aromatic N) is 3. The highest BCUT2D eigenvalue weighted by atomic mass is 35.5. The molecule has 1 aromatic heterocycles. The first-order valence-corrected chi connectivity index (χ1v) is 10.6. The molecule has 0 radical (unpaired) electrons. The lowest BCUT2D eigenvalue weighted by molar-refractivity contribution is -0.132. The monoisotopic (exact) mass is 445 g/mol. The molecule has 1 N–H and O–H groups in total. The van der Waals surface area contributed by atoms with E-state index in [0.29, 0.717) is 35.7 Å². The molecular weight excluding hydrogens is 426 g/mol. The summed E-state index contributed by atoms with van der Waals surface area (Å²) in [4.78, 5) is 30.3. The number of carbonyl (C=O) groups excluding carboxylic acids is 1. The van der Waals surface area contributed by atoms with Crippen LogP contribution < -0.4 is 5.56 Å². The van der Waals surface area contributed by atoms with Crippen molar-refractivity contribution in [1.82, 2.24) is 14.5 Å². The maximum atomic E-state index is 12.6. The van der Waals surface area contributed by atoms with E-state index in [1.165, 1.54) is 12.3 Å². The summed E-state index contributed by atoms with van der Waals surface area (Å²) in [5.74, 6) is 0.228. The molecule has 7 heteroatoms. The zero-order valence-electron chi connectivity index (χ0n) is 17.2. The molecule has 3 aromatic carbocycles. The average Bonchev–Trinajstić information content (AvgIpc) is 2.76. The standard InChI is InChI=1S/C25H20ClN3O3/c1-2-24(31)28-12-15(13-28)14-29-23-10-21(26)20(9-22(23)27-11-25(29)32)19-8-17(30)7-16-5-3-4-6-18(16)19/h2-11,15,30H,1,12-14H2. The molecule has 32 heavy (non-hydrogen) atoms. The van der Waals surface area contributed by atoms with Crippen molar-refractivity contribution in [3.8, 4) is 16.9 Å². The minimum absolute atomic E-state index is 0.0980. The maximum Gasteiger partial charge on any atom is 0.269 e. The summed E-state index contributed by atoms with van der Waals surface area (Å²) in [5.41, 5.74) is 2.59. The number of aromatic nitrogens is 2. The van der Waals surface area contributed by atoms with E-state index in [-0.39, 0.29) is 23.1 Å². The fraction of sp³-hybridized carbons (Fsp3) is 0.160. The third-order valence-electron chi connectivity index (χ3n) is 5.96. The maximum absolute atomic E-state index is 12.6. The summed E-state index contributed by atoms with van der Waals surface area (Å²) in [5, 5.41) is 12.6. The fourth-order valence-electron chi connectivity index (χ4n) is 4.35. The third-order valence-corrected chi connectivity index (χ3v) is 6.27. The fourth-order valence-corrected chi connectivity index (χ4v) is 4.61. The van der Waals surface area contributed by atoms with Gasteiger partial charge in [0, 0.05) is 31.1 Å². The van der Waals surface area contributed by atoms with Crippen LogP contribution in [0.5, 0.6) is 5.75 Å². The van der Waals surface area contributed by atoms with Crippen LogP contribution in [0.4, 0.5) is 0 Å². The lowest BCUT2D eigenvalue weighted by atomic mass is 9.97. The van der Waals surface area contributed by atoms with E-state index < -0.39 is 0 Å². The topological polar surface area (TPSA) is 75.4 Å². The highest BCUT2D eigenvalue weighted by Crippen LogP contribution is 2.38. The van der Waals surface area contributed by atoms with Crippen LogP contribution in [0.1, 0.15) is 0 Å². The predicted molar refractivity (Wildman–Crippen MR) is 126 cm³/mol. The zero-order chi connectivity index (χ0) is 22.4. The van der Waals surface area contributed by atoms with Crippen LogP contribution in [0, 0.1) is 5.92 Å². The largest absolute Gasteiger partial charge is 0.508 e. The van der Waals surface area contributed by atoms with Gasteiger partial charge in [0.2, 0.25) is 5.91 Å². The number of carbonyl (C=O) groups is 1. The number of hydrogen-bond donors (Lipinski definition) is 1. The smallest absolute Gasteiger partial charge is 0.269 e. The van der Waals surface area contributed by atoms with Crippen molar-refractivity contribution >= 4 is 39.3 Å². The van der Waals surface area contributed by atoms with Crippen molar-refractivity contribution in [1.29, 1.82) is 0 Å². The summed E-state index contributed by atoms with van der Waals surface area (Å²) in [6.45, 7) is 5.16. The number of aromatic hydroxyl groups is 1. The lowest BCUT2D eigenvalue weighted by Gasteiger charge is -2.39. The van der Waals surface area contributed by atoms with Crippen LogP contribution in [0.25, 0.3) is 32.9 Å². The van der Waals surface area contributed by atoms with Gasteiger partial charge < -0.3 is 14.6 Å². The van der Waals surface area contributed by atoms with E-state index in [1.54, 1.807) is 27.7 Å². The van der Waals surface area contributed by atoms with Gasteiger partial charge in [-0.1, -0.05) is 42.4 Å². The molecule has 1 amide bonds. The summed E-state index contributed by atoms with van der Waals surface area (Å²) in [6, 6.07) is 14.8. The quantitative estimate of drug-likeness (QED) is 0.477. The molecule has 6 nitrogen and oxygen atoms in total. The molecule has 0 atom stereocenters. The molecule has 0 bridgehead atoms. The number of phenols is 1. The lowest BCUT2D eigenvalue weighted by Crippen LogP contribution is -2.51. The van der Waals surface area contributed by atoms with E-state index in [9.17, 15) is 14.7 Å². The molecule has 1 saturated heterocycles. The van der Waals surface area contributed by atoms with Gasteiger partial charge in [0.05, 0.1) is 22.3 Å². The van der Waals surface area contributed by atoms with Crippen molar-refractivity contribution in [3.63, 3.8) is 0 Å². The van der Waals surface area contributed by atoms with Crippen molar-refractivity contribution in [2.45, 2.75) is 6.54 Å². The van der Waals surface area contributed by atoms with E-state index in [4.69, 9.17) is 11.6 Å². The van der Waals surface area contributed by atoms with Crippen LogP contribution >= 0.6 is 11.6 Å². The summed E-state index contributed by atoms with van der Waals surface area (Å²) in [6.07, 6.45) is 2.61. The Morgan fingerprint density at radius 1 is 1.19 bits per heavy atom. The average molecular weight is 446 g/mol. The molecule has 1 fully saturated rings. The minimum Gasteiger partial charge on any atom is -0.508 e. The van der Waals surface area contributed by atoms with E-state index >= 15 is 0 Å².